The smallest absolute Gasteiger partial charge is 0.288 e. The summed E-state index contributed by atoms with van der Waals surface area (Å²) in [5, 5.41) is 10.2. The first-order valence-corrected chi connectivity index (χ1v) is 3.46. The lowest BCUT2D eigenvalue weighted by Crippen LogP contribution is -3.00. The Labute approximate surface area is 87.0 Å². The van der Waals surface area contributed by atoms with Gasteiger partial charge in [-0.2, -0.15) is 0 Å². The second kappa shape index (κ2) is 4.36. The van der Waals surface area contributed by atoms with E-state index < -0.39 is 4.92 Å². The molecule has 0 amide bonds. The SMILES string of the molecule is Nc1ncc([N+](=O)[O-])cc1Br.[Br-]. The molecule has 0 fully saturated rings. The molecule has 7 heteroatoms. The number of nitrogens with zero attached hydrogens (tertiary/aromatic N) is 2. The molecule has 0 spiro atoms. The maximum Gasteiger partial charge on any atom is 0.288 e. The van der Waals surface area contributed by atoms with Gasteiger partial charge in [-0.1, -0.05) is 0 Å². The molecule has 0 aromatic carbocycles. The van der Waals surface area contributed by atoms with Gasteiger partial charge in [0.25, 0.3) is 5.69 Å². The van der Waals surface area contributed by atoms with Crippen molar-refractivity contribution in [3.63, 3.8) is 0 Å². The highest BCUT2D eigenvalue weighted by Crippen LogP contribution is 2.21. The van der Waals surface area contributed by atoms with Crippen LogP contribution in [0.4, 0.5) is 11.5 Å². The van der Waals surface area contributed by atoms with Gasteiger partial charge in [0, 0.05) is 6.07 Å². The molecule has 1 aromatic rings. The Bertz CT molecular complexity index is 305. The van der Waals surface area contributed by atoms with E-state index in [0.29, 0.717) is 4.47 Å². The first-order chi connectivity index (χ1) is 5.11. The second-order valence-corrected chi connectivity index (χ2v) is 2.67. The van der Waals surface area contributed by atoms with Crippen molar-refractivity contribution in [3.8, 4) is 0 Å². The average Bonchev–Trinajstić information content (AvgIpc) is 1.94. The van der Waals surface area contributed by atoms with E-state index in [2.05, 4.69) is 20.9 Å². The number of halogens is 2. The maximum absolute atomic E-state index is 10.2. The molecule has 1 aromatic heterocycles. The van der Waals surface area contributed by atoms with Gasteiger partial charge in [0.2, 0.25) is 0 Å². The van der Waals surface area contributed by atoms with E-state index in [9.17, 15) is 10.1 Å². The lowest BCUT2D eigenvalue weighted by Gasteiger charge is -1.94. The van der Waals surface area contributed by atoms with Crippen LogP contribution in [0.1, 0.15) is 0 Å². The van der Waals surface area contributed by atoms with Crippen LogP contribution in [0.25, 0.3) is 0 Å². The van der Waals surface area contributed by atoms with E-state index in [-0.39, 0.29) is 28.5 Å². The minimum atomic E-state index is -0.531. The van der Waals surface area contributed by atoms with Gasteiger partial charge in [0.05, 0.1) is 9.40 Å². The number of nitrogens with two attached hydrogens (primary N) is 1. The molecular weight excluding hydrogens is 294 g/mol. The van der Waals surface area contributed by atoms with E-state index in [1.807, 2.05) is 0 Å². The molecular formula is C5H4Br2N3O2-. The summed E-state index contributed by atoms with van der Waals surface area (Å²) in [4.78, 5) is 13.2. The Morgan fingerprint density at radius 3 is 2.67 bits per heavy atom. The normalized spacial score (nSPS) is 8.75. The molecule has 66 valence electrons. The highest BCUT2D eigenvalue weighted by Gasteiger charge is 2.07. The van der Waals surface area contributed by atoms with E-state index in [0.717, 1.165) is 6.20 Å². The van der Waals surface area contributed by atoms with Crippen LogP contribution in [-0.4, -0.2) is 9.91 Å². The number of rotatable bonds is 1. The third-order valence-electron chi connectivity index (χ3n) is 1.07. The van der Waals surface area contributed by atoms with Crippen LogP contribution in [0.15, 0.2) is 16.7 Å². The third-order valence-corrected chi connectivity index (χ3v) is 1.70. The molecule has 1 rings (SSSR count). The number of hydrogen-bond acceptors (Lipinski definition) is 4. The fraction of sp³-hybridized carbons (Fsp3) is 0. The molecule has 0 atom stereocenters. The molecule has 0 saturated carbocycles. The van der Waals surface area contributed by atoms with E-state index in [1.54, 1.807) is 0 Å². The summed E-state index contributed by atoms with van der Waals surface area (Å²) in [6.45, 7) is 0. The van der Waals surface area contributed by atoms with Crippen LogP contribution in [0.2, 0.25) is 0 Å². The van der Waals surface area contributed by atoms with Crippen molar-refractivity contribution in [1.82, 2.24) is 4.98 Å². The quantitative estimate of drug-likeness (QED) is 0.497. The Balaban J connectivity index is 0.00000121. The molecule has 0 radical (unpaired) electrons. The van der Waals surface area contributed by atoms with Crippen LogP contribution < -0.4 is 22.7 Å². The van der Waals surface area contributed by atoms with Crippen molar-refractivity contribution in [1.29, 1.82) is 0 Å². The topological polar surface area (TPSA) is 82.0 Å². The number of nitro groups is 1. The minimum Gasteiger partial charge on any atom is -1.00 e. The van der Waals surface area contributed by atoms with Crippen LogP contribution in [0.3, 0.4) is 0 Å². The Morgan fingerprint density at radius 1 is 1.67 bits per heavy atom. The standard InChI is InChI=1S/C5H4BrN3O2.BrH/c6-4-1-3(9(10)11)2-8-5(4)7;/h1-2H,(H2,7,8);1H/p-1. The van der Waals surface area contributed by atoms with Crippen molar-refractivity contribution in [2.75, 3.05) is 5.73 Å². The van der Waals surface area contributed by atoms with Crippen LogP contribution >= 0.6 is 15.9 Å². The van der Waals surface area contributed by atoms with Gasteiger partial charge in [-0.25, -0.2) is 4.98 Å². The molecule has 0 aliphatic rings. The zero-order valence-electron chi connectivity index (χ0n) is 5.70. The van der Waals surface area contributed by atoms with Gasteiger partial charge in [0.15, 0.2) is 0 Å². The van der Waals surface area contributed by atoms with Crippen molar-refractivity contribution in [3.05, 3.63) is 26.9 Å². The number of nitrogen functional groups attached to an aromatic ring is 1. The lowest BCUT2D eigenvalue weighted by molar-refractivity contribution is -0.385. The largest absolute Gasteiger partial charge is 1.00 e. The van der Waals surface area contributed by atoms with E-state index in [1.165, 1.54) is 6.07 Å². The van der Waals surface area contributed by atoms with Gasteiger partial charge in [-0.3, -0.25) is 10.1 Å². The summed E-state index contributed by atoms with van der Waals surface area (Å²) in [5.41, 5.74) is 5.23. The van der Waals surface area contributed by atoms with Crippen molar-refractivity contribution in [2.45, 2.75) is 0 Å². The van der Waals surface area contributed by atoms with Gasteiger partial charge >= 0.3 is 0 Å². The fourth-order valence-corrected chi connectivity index (χ4v) is 0.875. The second-order valence-electron chi connectivity index (χ2n) is 1.82. The Morgan fingerprint density at radius 2 is 2.25 bits per heavy atom. The Kier molecular flexibility index (Phi) is 4.11. The molecule has 0 aliphatic carbocycles. The fourth-order valence-electron chi connectivity index (χ4n) is 0.538. The summed E-state index contributed by atoms with van der Waals surface area (Å²) < 4.78 is 0.437. The summed E-state index contributed by atoms with van der Waals surface area (Å²) in [7, 11) is 0. The molecule has 0 bridgehead atoms. The molecule has 0 unspecified atom stereocenters. The predicted molar refractivity (Wildman–Crippen MR) is 43.0 cm³/mol. The molecule has 1 heterocycles. The van der Waals surface area contributed by atoms with Gasteiger partial charge in [-0.05, 0) is 15.9 Å². The number of aromatic nitrogens is 1. The van der Waals surface area contributed by atoms with Crippen molar-refractivity contribution >= 4 is 27.4 Å². The summed E-state index contributed by atoms with van der Waals surface area (Å²) in [6, 6.07) is 1.31. The van der Waals surface area contributed by atoms with Gasteiger partial charge in [0.1, 0.15) is 12.0 Å². The van der Waals surface area contributed by atoms with Crippen LogP contribution in [-0.2, 0) is 0 Å². The highest BCUT2D eigenvalue weighted by molar-refractivity contribution is 9.10. The van der Waals surface area contributed by atoms with Crippen LogP contribution in [0, 0.1) is 10.1 Å². The van der Waals surface area contributed by atoms with E-state index >= 15 is 0 Å². The number of anilines is 1. The summed E-state index contributed by atoms with van der Waals surface area (Å²) in [6.07, 6.45) is 1.11. The molecule has 0 aliphatic heterocycles. The van der Waals surface area contributed by atoms with E-state index in [4.69, 9.17) is 5.73 Å². The monoisotopic (exact) mass is 296 g/mol. The molecule has 5 nitrogen and oxygen atoms in total. The first kappa shape index (κ1) is 11.3. The summed E-state index contributed by atoms with van der Waals surface area (Å²) in [5.74, 6) is 0.246. The molecule has 0 saturated heterocycles. The first-order valence-electron chi connectivity index (χ1n) is 2.66. The zero-order valence-corrected chi connectivity index (χ0v) is 8.87. The maximum atomic E-state index is 10.2. The van der Waals surface area contributed by atoms with Crippen molar-refractivity contribution < 1.29 is 21.9 Å². The summed E-state index contributed by atoms with van der Waals surface area (Å²) >= 11 is 3.02. The third kappa shape index (κ3) is 2.42. The van der Waals surface area contributed by atoms with Gasteiger partial charge in [-0.15, -0.1) is 0 Å². The molecule has 2 N–H and O–H groups in total. The zero-order chi connectivity index (χ0) is 8.43. The predicted octanol–water partition coefficient (Wildman–Crippen LogP) is -1.66. The average molecular weight is 298 g/mol. The van der Waals surface area contributed by atoms with Crippen LogP contribution in [0.5, 0.6) is 0 Å². The lowest BCUT2D eigenvalue weighted by atomic mass is 10.4. The number of hydrogen-bond donors (Lipinski definition) is 1. The van der Waals surface area contributed by atoms with Gasteiger partial charge < -0.3 is 22.7 Å². The Hall–Kier alpha value is -0.690. The minimum absolute atomic E-state index is 0. The molecule has 12 heavy (non-hydrogen) atoms. The van der Waals surface area contributed by atoms with Crippen molar-refractivity contribution in [2.24, 2.45) is 0 Å². The number of pyridine rings is 1. The highest BCUT2D eigenvalue weighted by atomic mass is 79.9.